The van der Waals surface area contributed by atoms with Gasteiger partial charge in [-0.3, -0.25) is 9.78 Å². The van der Waals surface area contributed by atoms with Gasteiger partial charge in [-0.25, -0.2) is 0 Å². The van der Waals surface area contributed by atoms with Gasteiger partial charge in [0.05, 0.1) is 17.7 Å². The van der Waals surface area contributed by atoms with Crippen LogP contribution in [0.1, 0.15) is 36.1 Å². The molecule has 27 heavy (non-hydrogen) atoms. The van der Waals surface area contributed by atoms with Gasteiger partial charge in [0.2, 0.25) is 5.91 Å². The monoisotopic (exact) mass is 365 g/mol. The summed E-state index contributed by atoms with van der Waals surface area (Å²) in [5.41, 5.74) is 3.89. The molecule has 2 fully saturated rings. The van der Waals surface area contributed by atoms with Crippen molar-refractivity contribution < 1.29 is 9.90 Å². The van der Waals surface area contributed by atoms with Crippen molar-refractivity contribution in [3.05, 3.63) is 59.4 Å². The van der Waals surface area contributed by atoms with Crippen LogP contribution < -0.4 is 4.90 Å². The number of carbonyl (C=O) groups excluding carboxylic acids is 1. The molecule has 142 valence electrons. The van der Waals surface area contributed by atoms with Crippen LogP contribution in [0.25, 0.3) is 0 Å². The van der Waals surface area contributed by atoms with Crippen molar-refractivity contribution in [1.29, 1.82) is 0 Å². The van der Waals surface area contributed by atoms with E-state index in [1.165, 1.54) is 11.1 Å². The number of anilines is 1. The molecule has 2 aromatic rings. The van der Waals surface area contributed by atoms with Crippen LogP contribution in [0.15, 0.2) is 42.6 Å². The Bertz CT molecular complexity index is 838. The molecule has 2 aliphatic heterocycles. The van der Waals surface area contributed by atoms with E-state index >= 15 is 0 Å². The van der Waals surface area contributed by atoms with Crippen molar-refractivity contribution in [1.82, 2.24) is 9.88 Å². The Hall–Kier alpha value is -2.40. The normalized spacial score (nSPS) is 22.7. The zero-order valence-corrected chi connectivity index (χ0v) is 15.9. The van der Waals surface area contributed by atoms with Gasteiger partial charge in [0.15, 0.2) is 0 Å². The first-order chi connectivity index (χ1) is 13.1. The molecule has 1 spiro atoms. The van der Waals surface area contributed by atoms with E-state index in [-0.39, 0.29) is 12.0 Å². The average molecular weight is 365 g/mol. The summed E-state index contributed by atoms with van der Waals surface area (Å²) in [5.74, 6) is 0.300. The minimum atomic E-state index is -0.273. The maximum Gasteiger partial charge on any atom is 0.230 e. The lowest BCUT2D eigenvalue weighted by Gasteiger charge is -2.39. The van der Waals surface area contributed by atoms with Crippen LogP contribution in [-0.4, -0.2) is 40.5 Å². The first-order valence-electron chi connectivity index (χ1n) is 9.75. The second-order valence-electron chi connectivity index (χ2n) is 7.93. The maximum atomic E-state index is 13.4. The number of aromatic nitrogens is 1. The van der Waals surface area contributed by atoms with E-state index < -0.39 is 0 Å². The molecule has 2 saturated heterocycles. The maximum absolute atomic E-state index is 13.4. The summed E-state index contributed by atoms with van der Waals surface area (Å²) in [6, 6.07) is 12.3. The van der Waals surface area contributed by atoms with Crippen LogP contribution >= 0.6 is 0 Å². The number of hydrogen-bond acceptors (Lipinski definition) is 4. The Labute approximate surface area is 160 Å². The van der Waals surface area contributed by atoms with Crippen LogP contribution in [0.5, 0.6) is 0 Å². The summed E-state index contributed by atoms with van der Waals surface area (Å²) >= 11 is 0. The van der Waals surface area contributed by atoms with E-state index in [4.69, 9.17) is 0 Å². The summed E-state index contributed by atoms with van der Waals surface area (Å²) in [6.07, 6.45) is 4.65. The molecule has 5 heteroatoms. The Kier molecular flexibility index (Phi) is 4.87. The van der Waals surface area contributed by atoms with Gasteiger partial charge in [0.1, 0.15) is 0 Å². The van der Waals surface area contributed by atoms with E-state index in [9.17, 15) is 9.90 Å². The minimum Gasteiger partial charge on any atom is -0.390 e. The van der Waals surface area contributed by atoms with Crippen LogP contribution in [0.3, 0.4) is 0 Å². The number of amides is 1. The zero-order chi connectivity index (χ0) is 18.9. The SMILES string of the molecule is Cc1cccc(CN2CCC[C@@]3(CCN(c4ccnc(CO)c4)C3)C2=O)c1. The number of aryl methyl sites for hydroxylation is 1. The summed E-state index contributed by atoms with van der Waals surface area (Å²) in [7, 11) is 0. The molecule has 5 nitrogen and oxygen atoms in total. The minimum absolute atomic E-state index is 0.0595. The Morgan fingerprint density at radius 1 is 1.19 bits per heavy atom. The third kappa shape index (κ3) is 3.56. The Morgan fingerprint density at radius 2 is 2.07 bits per heavy atom. The van der Waals surface area contributed by atoms with Crippen molar-refractivity contribution in [3.63, 3.8) is 0 Å². The van der Waals surface area contributed by atoms with Gasteiger partial charge >= 0.3 is 0 Å². The number of nitrogens with zero attached hydrogens (tertiary/aromatic N) is 3. The van der Waals surface area contributed by atoms with Crippen LogP contribution in [0.4, 0.5) is 5.69 Å². The molecule has 3 heterocycles. The smallest absolute Gasteiger partial charge is 0.230 e. The quantitative estimate of drug-likeness (QED) is 0.905. The Balaban J connectivity index is 1.50. The number of hydrogen-bond donors (Lipinski definition) is 1. The molecule has 2 aliphatic rings. The number of likely N-dealkylation sites (tertiary alicyclic amines) is 1. The molecule has 1 aromatic heterocycles. The second kappa shape index (κ2) is 7.31. The molecule has 0 radical (unpaired) electrons. The molecule has 1 amide bonds. The van der Waals surface area contributed by atoms with E-state index in [0.717, 1.165) is 44.6 Å². The molecule has 0 saturated carbocycles. The van der Waals surface area contributed by atoms with Crippen LogP contribution in [0, 0.1) is 12.3 Å². The summed E-state index contributed by atoms with van der Waals surface area (Å²) in [4.78, 5) is 21.9. The van der Waals surface area contributed by atoms with Gasteiger partial charge < -0.3 is 14.9 Å². The highest BCUT2D eigenvalue weighted by Gasteiger charge is 2.48. The molecular weight excluding hydrogens is 338 g/mol. The predicted molar refractivity (Wildman–Crippen MR) is 105 cm³/mol. The molecule has 0 aliphatic carbocycles. The van der Waals surface area contributed by atoms with Crippen molar-refractivity contribution >= 4 is 11.6 Å². The fraction of sp³-hybridized carbons (Fsp3) is 0.455. The van der Waals surface area contributed by atoms with E-state index in [1.807, 2.05) is 17.0 Å². The van der Waals surface area contributed by atoms with Gasteiger partial charge in [-0.2, -0.15) is 0 Å². The number of benzene rings is 1. The molecule has 0 unspecified atom stereocenters. The van der Waals surface area contributed by atoms with Crippen molar-refractivity contribution in [2.45, 2.75) is 39.3 Å². The first-order valence-corrected chi connectivity index (χ1v) is 9.75. The topological polar surface area (TPSA) is 56.7 Å². The van der Waals surface area contributed by atoms with Gasteiger partial charge in [0, 0.05) is 38.1 Å². The van der Waals surface area contributed by atoms with Crippen LogP contribution in [0.2, 0.25) is 0 Å². The summed E-state index contributed by atoms with van der Waals surface area (Å²) < 4.78 is 0. The molecule has 1 atom stereocenters. The molecule has 0 bridgehead atoms. The fourth-order valence-corrected chi connectivity index (χ4v) is 4.55. The number of piperidine rings is 1. The molecule has 4 rings (SSSR count). The highest BCUT2D eigenvalue weighted by molar-refractivity contribution is 5.85. The van der Waals surface area contributed by atoms with E-state index in [2.05, 4.69) is 41.1 Å². The fourth-order valence-electron chi connectivity index (χ4n) is 4.55. The number of rotatable bonds is 4. The van der Waals surface area contributed by atoms with Gasteiger partial charge in [-0.05, 0) is 43.9 Å². The van der Waals surface area contributed by atoms with Gasteiger partial charge in [-0.15, -0.1) is 0 Å². The van der Waals surface area contributed by atoms with Crippen LogP contribution in [-0.2, 0) is 17.9 Å². The highest BCUT2D eigenvalue weighted by atomic mass is 16.3. The lowest BCUT2D eigenvalue weighted by atomic mass is 9.78. The molecule has 1 N–H and O–H groups in total. The van der Waals surface area contributed by atoms with Crippen molar-refractivity contribution in [2.75, 3.05) is 24.5 Å². The summed E-state index contributed by atoms with van der Waals surface area (Å²) in [5, 5.41) is 9.34. The largest absolute Gasteiger partial charge is 0.390 e. The Morgan fingerprint density at radius 3 is 2.89 bits per heavy atom. The summed E-state index contributed by atoms with van der Waals surface area (Å²) in [6.45, 7) is 5.21. The van der Waals surface area contributed by atoms with Gasteiger partial charge in [-0.1, -0.05) is 29.8 Å². The van der Waals surface area contributed by atoms with Gasteiger partial charge in [0.25, 0.3) is 0 Å². The average Bonchev–Trinajstić information content (AvgIpc) is 3.11. The first kappa shape index (κ1) is 18.0. The lowest BCUT2D eigenvalue weighted by Crippen LogP contribution is -2.49. The molecule has 1 aromatic carbocycles. The number of aliphatic hydroxyl groups is 1. The number of carbonyl (C=O) groups is 1. The predicted octanol–water partition coefficient (Wildman–Crippen LogP) is 2.90. The molecular formula is C22H27N3O2. The second-order valence-corrected chi connectivity index (χ2v) is 7.93. The third-order valence-corrected chi connectivity index (χ3v) is 5.96. The number of pyridine rings is 1. The number of aliphatic hydroxyl groups excluding tert-OH is 1. The van der Waals surface area contributed by atoms with Crippen molar-refractivity contribution in [2.24, 2.45) is 5.41 Å². The standard InChI is InChI=1S/C22H27N3O2/c1-17-4-2-5-18(12-17)14-24-10-3-7-22(21(24)27)8-11-25(16-22)20-6-9-23-19(13-20)15-26/h2,4-6,9,12-13,26H,3,7-8,10-11,14-16H2,1H3/t22-/m0/s1. The highest BCUT2D eigenvalue weighted by Crippen LogP contribution is 2.42. The van der Waals surface area contributed by atoms with Crippen molar-refractivity contribution in [3.8, 4) is 0 Å². The third-order valence-electron chi connectivity index (χ3n) is 5.96. The lowest BCUT2D eigenvalue weighted by molar-refractivity contribution is -0.145. The zero-order valence-electron chi connectivity index (χ0n) is 15.9. The van der Waals surface area contributed by atoms with E-state index in [0.29, 0.717) is 18.1 Å². The van der Waals surface area contributed by atoms with E-state index in [1.54, 1.807) is 6.20 Å².